The van der Waals surface area contributed by atoms with Crippen molar-refractivity contribution in [1.82, 2.24) is 0 Å². The van der Waals surface area contributed by atoms with Crippen molar-refractivity contribution in [2.24, 2.45) is 0 Å². The first kappa shape index (κ1) is 22.3. The van der Waals surface area contributed by atoms with Gasteiger partial charge >= 0.3 is 0 Å². The van der Waals surface area contributed by atoms with Crippen molar-refractivity contribution in [2.45, 2.75) is 4.90 Å². The number of ketones is 1. The molecule has 0 aliphatic rings. The van der Waals surface area contributed by atoms with Crippen LogP contribution in [0.25, 0.3) is 0 Å². The summed E-state index contributed by atoms with van der Waals surface area (Å²) >= 11 is 6.72. The molecule has 3 aromatic carbocycles. The number of hydrogen-bond acceptors (Lipinski definition) is 6. The van der Waals surface area contributed by atoms with Crippen molar-refractivity contribution in [3.05, 3.63) is 88.5 Å². The van der Waals surface area contributed by atoms with Gasteiger partial charge in [-0.2, -0.15) is 0 Å². The molecule has 0 atom stereocenters. The lowest BCUT2D eigenvalue weighted by Crippen LogP contribution is -2.19. The third-order valence-electron chi connectivity index (χ3n) is 4.20. The van der Waals surface area contributed by atoms with E-state index in [4.69, 9.17) is 17.0 Å². The Hall–Kier alpha value is -3.43. The predicted molar refractivity (Wildman–Crippen MR) is 127 cm³/mol. The summed E-state index contributed by atoms with van der Waals surface area (Å²) in [6, 6.07) is 20.7. The van der Waals surface area contributed by atoms with Crippen LogP contribution in [-0.4, -0.2) is 28.7 Å². The van der Waals surface area contributed by atoms with Gasteiger partial charge in [0, 0.05) is 28.3 Å². The number of carbonyl (C=O) groups is 1. The van der Waals surface area contributed by atoms with E-state index in [-0.39, 0.29) is 17.2 Å². The number of nitrogens with one attached hydrogen (secondary N) is 2. The number of para-hydroxylation sites is 2. The monoisotopic (exact) mass is 453 g/mol. The topological polar surface area (TPSA) is 93.5 Å². The maximum Gasteiger partial charge on any atom is 0.270 e. The summed E-state index contributed by atoms with van der Waals surface area (Å²) in [6.45, 7) is 0. The number of nitro benzene ring substituents is 1. The molecule has 3 aromatic rings. The summed E-state index contributed by atoms with van der Waals surface area (Å²) in [4.78, 5) is 23.7. The van der Waals surface area contributed by atoms with Gasteiger partial charge in [-0.15, -0.1) is 11.8 Å². The molecule has 0 aliphatic carbocycles. The molecule has 0 amide bonds. The second kappa shape index (κ2) is 10.6. The van der Waals surface area contributed by atoms with Crippen LogP contribution in [0.4, 0.5) is 17.1 Å². The minimum atomic E-state index is -0.513. The molecule has 2 N–H and O–H groups in total. The van der Waals surface area contributed by atoms with Crippen molar-refractivity contribution in [3.8, 4) is 5.75 Å². The van der Waals surface area contributed by atoms with E-state index in [2.05, 4.69) is 10.6 Å². The minimum absolute atomic E-state index is 0.0990. The fraction of sp³-hybridized carbons (Fsp3) is 0.0909. The Balaban J connectivity index is 1.60. The van der Waals surface area contributed by atoms with E-state index in [1.807, 2.05) is 48.5 Å². The van der Waals surface area contributed by atoms with Crippen LogP contribution in [-0.2, 0) is 0 Å². The van der Waals surface area contributed by atoms with Gasteiger partial charge in [-0.3, -0.25) is 14.9 Å². The summed E-state index contributed by atoms with van der Waals surface area (Å²) in [6.07, 6.45) is 0. The van der Waals surface area contributed by atoms with Crippen molar-refractivity contribution in [3.63, 3.8) is 0 Å². The normalized spacial score (nSPS) is 10.2. The Morgan fingerprint density at radius 1 is 1.06 bits per heavy atom. The lowest BCUT2D eigenvalue weighted by molar-refractivity contribution is -0.384. The molecule has 0 aromatic heterocycles. The first-order valence-corrected chi connectivity index (χ1v) is 10.6. The molecule has 0 saturated heterocycles. The molecule has 9 heteroatoms. The SMILES string of the molecule is COc1ccccc1NC(=S)Nc1cccc(SCC(=O)c2cccc([N+](=O)[O-])c2)c1. The molecule has 31 heavy (non-hydrogen) atoms. The van der Waals surface area contributed by atoms with Crippen LogP contribution >= 0.6 is 24.0 Å². The van der Waals surface area contributed by atoms with Crippen molar-refractivity contribution >= 4 is 51.9 Å². The fourth-order valence-electron chi connectivity index (χ4n) is 2.72. The van der Waals surface area contributed by atoms with Gasteiger partial charge in [0.15, 0.2) is 10.9 Å². The summed E-state index contributed by atoms with van der Waals surface area (Å²) in [7, 11) is 1.59. The first-order chi connectivity index (χ1) is 15.0. The van der Waals surface area contributed by atoms with Crippen LogP contribution in [0.2, 0.25) is 0 Å². The number of Topliss-reactive ketones (excluding diaryl/α,β-unsaturated/α-hetero) is 1. The predicted octanol–water partition coefficient (Wildman–Crippen LogP) is 5.39. The zero-order valence-corrected chi connectivity index (χ0v) is 18.2. The Kier molecular flexibility index (Phi) is 7.58. The first-order valence-electron chi connectivity index (χ1n) is 9.18. The third kappa shape index (κ3) is 6.27. The van der Waals surface area contributed by atoms with Crippen LogP contribution in [0.3, 0.4) is 0 Å². The number of carbonyl (C=O) groups excluding carboxylic acids is 1. The fourth-order valence-corrected chi connectivity index (χ4v) is 3.80. The van der Waals surface area contributed by atoms with Crippen molar-refractivity contribution in [2.75, 3.05) is 23.5 Å². The maximum absolute atomic E-state index is 12.4. The molecule has 158 valence electrons. The number of methoxy groups -OCH3 is 1. The van der Waals surface area contributed by atoms with Gasteiger partial charge in [-0.1, -0.05) is 30.3 Å². The number of thioether (sulfide) groups is 1. The molecular formula is C22H19N3O4S2. The average molecular weight is 454 g/mol. The van der Waals surface area contributed by atoms with Gasteiger partial charge in [0.05, 0.1) is 23.5 Å². The largest absolute Gasteiger partial charge is 0.495 e. The number of ether oxygens (including phenoxy) is 1. The van der Waals surface area contributed by atoms with Crippen LogP contribution in [0, 0.1) is 10.1 Å². The standard InChI is InChI=1S/C22H19N3O4S2/c1-29-21-11-3-2-10-19(21)24-22(30)23-16-7-5-9-18(13-16)31-14-20(26)15-6-4-8-17(12-15)25(27)28/h2-13H,14H2,1H3,(H2,23,24,30). The van der Waals surface area contributed by atoms with E-state index < -0.39 is 4.92 Å². The van der Waals surface area contributed by atoms with Gasteiger partial charge in [0.1, 0.15) is 5.75 Å². The van der Waals surface area contributed by atoms with E-state index in [1.54, 1.807) is 13.2 Å². The molecule has 0 fully saturated rings. The molecule has 7 nitrogen and oxygen atoms in total. The second-order valence-electron chi connectivity index (χ2n) is 6.33. The van der Waals surface area contributed by atoms with E-state index >= 15 is 0 Å². The van der Waals surface area contributed by atoms with Crippen molar-refractivity contribution < 1.29 is 14.5 Å². The Labute approximate surface area is 189 Å². The highest BCUT2D eigenvalue weighted by Gasteiger charge is 2.12. The number of nitrogens with zero attached hydrogens (tertiary/aromatic N) is 1. The Morgan fingerprint density at radius 3 is 2.61 bits per heavy atom. The molecule has 0 unspecified atom stereocenters. The summed E-state index contributed by atoms with van der Waals surface area (Å²) in [5.41, 5.74) is 1.73. The zero-order chi connectivity index (χ0) is 22.2. The molecule has 0 heterocycles. The van der Waals surface area contributed by atoms with Gasteiger partial charge < -0.3 is 15.4 Å². The lowest BCUT2D eigenvalue weighted by Gasteiger charge is -2.13. The number of hydrogen-bond donors (Lipinski definition) is 2. The summed E-state index contributed by atoms with van der Waals surface area (Å²) in [5.74, 6) is 0.658. The molecule has 0 bridgehead atoms. The highest BCUT2D eigenvalue weighted by Crippen LogP contribution is 2.25. The highest BCUT2D eigenvalue weighted by atomic mass is 32.2. The van der Waals surface area contributed by atoms with Crippen LogP contribution in [0.15, 0.2) is 77.7 Å². The van der Waals surface area contributed by atoms with E-state index in [0.29, 0.717) is 16.4 Å². The number of nitro groups is 1. The van der Waals surface area contributed by atoms with Crippen LogP contribution in [0.5, 0.6) is 5.75 Å². The van der Waals surface area contributed by atoms with Gasteiger partial charge in [-0.05, 0) is 42.5 Å². The molecule has 0 aliphatic heterocycles. The van der Waals surface area contributed by atoms with E-state index in [9.17, 15) is 14.9 Å². The Bertz CT molecular complexity index is 1120. The number of rotatable bonds is 8. The second-order valence-corrected chi connectivity index (χ2v) is 7.78. The zero-order valence-electron chi connectivity index (χ0n) is 16.5. The van der Waals surface area contributed by atoms with Crippen molar-refractivity contribution in [1.29, 1.82) is 0 Å². The molecule has 3 rings (SSSR count). The number of thiocarbonyl (C=S) groups is 1. The molecule has 0 saturated carbocycles. The highest BCUT2D eigenvalue weighted by molar-refractivity contribution is 8.00. The Morgan fingerprint density at radius 2 is 1.84 bits per heavy atom. The molecule has 0 radical (unpaired) electrons. The van der Waals surface area contributed by atoms with Crippen LogP contribution in [0.1, 0.15) is 10.4 Å². The molecular weight excluding hydrogens is 434 g/mol. The average Bonchev–Trinajstić information content (AvgIpc) is 2.78. The number of anilines is 2. The third-order valence-corrected chi connectivity index (χ3v) is 5.39. The van der Waals surface area contributed by atoms with Gasteiger partial charge in [0.25, 0.3) is 5.69 Å². The van der Waals surface area contributed by atoms with E-state index in [0.717, 1.165) is 16.3 Å². The van der Waals surface area contributed by atoms with Gasteiger partial charge in [0.2, 0.25) is 0 Å². The lowest BCUT2D eigenvalue weighted by atomic mass is 10.1. The minimum Gasteiger partial charge on any atom is -0.495 e. The van der Waals surface area contributed by atoms with E-state index in [1.165, 1.54) is 30.0 Å². The van der Waals surface area contributed by atoms with Gasteiger partial charge in [-0.25, -0.2) is 0 Å². The number of benzene rings is 3. The number of non-ortho nitro benzene ring substituents is 1. The quantitative estimate of drug-likeness (QED) is 0.154. The van der Waals surface area contributed by atoms with Crippen LogP contribution < -0.4 is 15.4 Å². The summed E-state index contributed by atoms with van der Waals surface area (Å²) < 4.78 is 5.30. The summed E-state index contributed by atoms with van der Waals surface area (Å²) in [5, 5.41) is 17.5. The molecule has 0 spiro atoms. The smallest absolute Gasteiger partial charge is 0.270 e. The maximum atomic E-state index is 12.4.